The molecule has 0 saturated carbocycles. The van der Waals surface area contributed by atoms with Crippen LogP contribution < -0.4 is 16.4 Å². The van der Waals surface area contributed by atoms with E-state index in [1.54, 1.807) is 24.3 Å². The van der Waals surface area contributed by atoms with Gasteiger partial charge in [-0.05, 0) is 41.8 Å². The van der Waals surface area contributed by atoms with Gasteiger partial charge in [0, 0.05) is 56.6 Å². The van der Waals surface area contributed by atoms with Gasteiger partial charge in [0.1, 0.15) is 0 Å². The summed E-state index contributed by atoms with van der Waals surface area (Å²) in [6.07, 6.45) is 0. The maximum absolute atomic E-state index is 12.6. The molecule has 1 fully saturated rings. The SMILES string of the molecule is CC(C)C(CN1CCN(Cc2ccc(Cl)c(Cl)c2)CC1)NC(=O)Nc1cccc(C(N)=O)c1. The molecule has 0 spiro atoms. The summed E-state index contributed by atoms with van der Waals surface area (Å²) in [6.45, 7) is 9.53. The smallest absolute Gasteiger partial charge is 0.319 e. The van der Waals surface area contributed by atoms with Crippen molar-refractivity contribution in [1.29, 1.82) is 0 Å². The Hall–Kier alpha value is -2.32. The predicted octanol–water partition coefficient (Wildman–Crippen LogP) is 4.06. The van der Waals surface area contributed by atoms with Crippen LogP contribution in [0.1, 0.15) is 29.8 Å². The molecule has 2 aromatic rings. The van der Waals surface area contributed by atoms with Crippen molar-refractivity contribution >= 4 is 40.8 Å². The van der Waals surface area contributed by atoms with Crippen LogP contribution in [0.5, 0.6) is 0 Å². The van der Waals surface area contributed by atoms with Gasteiger partial charge in [-0.15, -0.1) is 0 Å². The topological polar surface area (TPSA) is 90.7 Å². The molecule has 3 amide bonds. The second-order valence-electron chi connectivity index (χ2n) is 8.72. The molecule has 9 heteroatoms. The number of hydrogen-bond acceptors (Lipinski definition) is 4. The number of piperazine rings is 1. The van der Waals surface area contributed by atoms with Crippen molar-refractivity contribution < 1.29 is 9.59 Å². The Morgan fingerprint density at radius 1 is 1.00 bits per heavy atom. The van der Waals surface area contributed by atoms with Gasteiger partial charge >= 0.3 is 6.03 Å². The van der Waals surface area contributed by atoms with Gasteiger partial charge in [-0.2, -0.15) is 0 Å². The van der Waals surface area contributed by atoms with Gasteiger partial charge in [-0.25, -0.2) is 4.79 Å². The molecular formula is C24H31Cl2N5O2. The largest absolute Gasteiger partial charge is 0.366 e. The number of carbonyl (C=O) groups is 2. The lowest BCUT2D eigenvalue weighted by Crippen LogP contribution is -2.53. The Balaban J connectivity index is 1.49. The first-order valence-corrected chi connectivity index (χ1v) is 11.8. The number of hydrogen-bond donors (Lipinski definition) is 3. The van der Waals surface area contributed by atoms with E-state index in [2.05, 4.69) is 34.3 Å². The molecule has 178 valence electrons. The molecule has 4 N–H and O–H groups in total. The number of amides is 3. The zero-order valence-electron chi connectivity index (χ0n) is 19.0. The summed E-state index contributed by atoms with van der Waals surface area (Å²) in [5, 5.41) is 7.03. The Morgan fingerprint density at radius 3 is 2.33 bits per heavy atom. The van der Waals surface area contributed by atoms with Gasteiger partial charge < -0.3 is 16.4 Å². The summed E-state index contributed by atoms with van der Waals surface area (Å²) in [5.74, 6) is -0.264. The standard InChI is InChI=1S/C24H31Cl2N5O2/c1-16(2)22(29-24(33)28-19-5-3-4-18(13-19)23(27)32)15-31-10-8-30(9-11-31)14-17-6-7-20(25)21(26)12-17/h3-7,12-13,16,22H,8-11,14-15H2,1-2H3,(H2,27,32)(H2,28,29,33). The van der Waals surface area contributed by atoms with Crippen LogP contribution in [-0.2, 0) is 6.54 Å². The van der Waals surface area contributed by atoms with Gasteiger partial charge in [0.15, 0.2) is 0 Å². The van der Waals surface area contributed by atoms with Crippen molar-refractivity contribution in [3.05, 3.63) is 63.6 Å². The van der Waals surface area contributed by atoms with Crippen LogP contribution in [0, 0.1) is 5.92 Å². The summed E-state index contributed by atoms with van der Waals surface area (Å²) >= 11 is 12.1. The van der Waals surface area contributed by atoms with E-state index in [4.69, 9.17) is 28.9 Å². The first-order valence-electron chi connectivity index (χ1n) is 11.1. The highest BCUT2D eigenvalue weighted by Crippen LogP contribution is 2.23. The molecule has 1 aliphatic heterocycles. The fraction of sp³-hybridized carbons (Fsp3) is 0.417. The molecule has 0 bridgehead atoms. The highest BCUT2D eigenvalue weighted by molar-refractivity contribution is 6.42. The average Bonchev–Trinajstić information content (AvgIpc) is 2.77. The van der Waals surface area contributed by atoms with Crippen LogP contribution in [0.15, 0.2) is 42.5 Å². The second kappa shape index (κ2) is 11.7. The minimum atomic E-state index is -0.530. The van der Waals surface area contributed by atoms with E-state index in [1.807, 2.05) is 18.2 Å². The Kier molecular flexibility index (Phi) is 8.97. The lowest BCUT2D eigenvalue weighted by Gasteiger charge is -2.37. The first kappa shape index (κ1) is 25.3. The molecule has 0 radical (unpaired) electrons. The monoisotopic (exact) mass is 491 g/mol. The number of benzene rings is 2. The number of nitrogens with two attached hydrogens (primary N) is 1. The van der Waals surface area contributed by atoms with Crippen LogP contribution in [0.2, 0.25) is 10.0 Å². The number of urea groups is 1. The predicted molar refractivity (Wildman–Crippen MR) is 134 cm³/mol. The summed E-state index contributed by atoms with van der Waals surface area (Å²) in [7, 11) is 0. The minimum absolute atomic E-state index is 0.00838. The number of halogens is 2. The maximum Gasteiger partial charge on any atom is 0.319 e. The molecule has 1 aliphatic rings. The Morgan fingerprint density at radius 2 is 1.70 bits per heavy atom. The van der Waals surface area contributed by atoms with Crippen LogP contribution in [0.25, 0.3) is 0 Å². The molecule has 0 aromatic heterocycles. The maximum atomic E-state index is 12.6. The zero-order valence-corrected chi connectivity index (χ0v) is 20.5. The number of primary amides is 1. The average molecular weight is 492 g/mol. The summed E-state index contributed by atoms with van der Waals surface area (Å²) in [4.78, 5) is 28.7. The Labute approximate surface area is 205 Å². The second-order valence-corrected chi connectivity index (χ2v) is 9.53. The van der Waals surface area contributed by atoms with Gasteiger partial charge in [0.2, 0.25) is 5.91 Å². The van der Waals surface area contributed by atoms with Gasteiger partial charge in [-0.3, -0.25) is 14.6 Å². The van der Waals surface area contributed by atoms with E-state index in [9.17, 15) is 9.59 Å². The number of carbonyl (C=O) groups excluding carboxylic acids is 2. The molecule has 33 heavy (non-hydrogen) atoms. The van der Waals surface area contributed by atoms with Crippen LogP contribution in [-0.4, -0.2) is 60.5 Å². The zero-order chi connectivity index (χ0) is 24.0. The Bertz CT molecular complexity index is 977. The molecule has 1 unspecified atom stereocenters. The number of nitrogens with zero attached hydrogens (tertiary/aromatic N) is 2. The van der Waals surface area contributed by atoms with Crippen molar-refractivity contribution in [2.75, 3.05) is 38.0 Å². The molecule has 0 aliphatic carbocycles. The van der Waals surface area contributed by atoms with E-state index < -0.39 is 5.91 Å². The molecule has 7 nitrogen and oxygen atoms in total. The third-order valence-corrected chi connectivity index (χ3v) is 6.58. The van der Waals surface area contributed by atoms with Gasteiger partial charge in [0.05, 0.1) is 10.0 Å². The molecule has 1 atom stereocenters. The molecule has 2 aromatic carbocycles. The summed E-state index contributed by atoms with van der Waals surface area (Å²) in [5.41, 5.74) is 7.35. The van der Waals surface area contributed by atoms with Crippen molar-refractivity contribution in [3.63, 3.8) is 0 Å². The van der Waals surface area contributed by atoms with Crippen molar-refractivity contribution in [2.45, 2.75) is 26.4 Å². The van der Waals surface area contributed by atoms with E-state index in [1.165, 1.54) is 0 Å². The lowest BCUT2D eigenvalue weighted by molar-refractivity contribution is 0.1000. The summed E-state index contributed by atoms with van der Waals surface area (Å²) < 4.78 is 0. The third-order valence-electron chi connectivity index (χ3n) is 5.84. The van der Waals surface area contributed by atoms with Crippen LogP contribution in [0.4, 0.5) is 10.5 Å². The highest BCUT2D eigenvalue weighted by Gasteiger charge is 2.23. The minimum Gasteiger partial charge on any atom is -0.366 e. The third kappa shape index (κ3) is 7.61. The fourth-order valence-corrected chi connectivity index (χ4v) is 4.13. The fourth-order valence-electron chi connectivity index (χ4n) is 3.81. The van der Waals surface area contributed by atoms with Crippen molar-refractivity contribution in [2.24, 2.45) is 11.7 Å². The van der Waals surface area contributed by atoms with E-state index in [0.717, 1.165) is 44.8 Å². The number of nitrogens with one attached hydrogen (secondary N) is 2. The van der Waals surface area contributed by atoms with Gasteiger partial charge in [0.25, 0.3) is 0 Å². The molecular weight excluding hydrogens is 461 g/mol. The lowest BCUT2D eigenvalue weighted by atomic mass is 10.0. The van der Waals surface area contributed by atoms with Crippen LogP contribution >= 0.6 is 23.2 Å². The molecule has 3 rings (SSSR count). The van der Waals surface area contributed by atoms with Crippen LogP contribution in [0.3, 0.4) is 0 Å². The van der Waals surface area contributed by atoms with E-state index >= 15 is 0 Å². The first-order chi connectivity index (χ1) is 15.7. The van der Waals surface area contributed by atoms with E-state index in [-0.39, 0.29) is 18.0 Å². The molecule has 1 heterocycles. The normalized spacial score (nSPS) is 15.9. The van der Waals surface area contributed by atoms with Gasteiger partial charge in [-0.1, -0.05) is 49.2 Å². The summed E-state index contributed by atoms with van der Waals surface area (Å²) in [6, 6.07) is 12.1. The molecule has 1 saturated heterocycles. The van der Waals surface area contributed by atoms with E-state index in [0.29, 0.717) is 21.3 Å². The number of anilines is 1. The number of rotatable bonds is 8. The quantitative estimate of drug-likeness (QED) is 0.519. The van der Waals surface area contributed by atoms with Crippen molar-refractivity contribution in [1.82, 2.24) is 15.1 Å². The highest BCUT2D eigenvalue weighted by atomic mass is 35.5. The van der Waals surface area contributed by atoms with Crippen molar-refractivity contribution in [3.8, 4) is 0 Å².